The maximum absolute atomic E-state index is 12.7. The molecule has 31 heavy (non-hydrogen) atoms. The average Bonchev–Trinajstić information content (AvgIpc) is 3.45. The second-order valence-corrected chi connectivity index (χ2v) is 8.23. The van der Waals surface area contributed by atoms with Crippen molar-refractivity contribution in [3.8, 4) is 6.07 Å². The maximum Gasteiger partial charge on any atom is 0.246 e. The number of piperazine rings is 1. The van der Waals surface area contributed by atoms with Crippen LogP contribution < -0.4 is 0 Å². The number of hydrogen-bond donors (Lipinski definition) is 0. The minimum absolute atomic E-state index is 0.000578. The fourth-order valence-corrected chi connectivity index (χ4v) is 4.41. The molecule has 2 fully saturated rings. The normalized spacial score (nSPS) is 17.5. The fraction of sp³-hybridized carbons (Fsp3) is 0.458. The minimum atomic E-state index is -0.000578. The van der Waals surface area contributed by atoms with Gasteiger partial charge in [0, 0.05) is 74.6 Å². The van der Waals surface area contributed by atoms with Crippen LogP contribution in [0.3, 0.4) is 0 Å². The summed E-state index contributed by atoms with van der Waals surface area (Å²) in [6.45, 7) is 5.60. The molecule has 0 atom stereocenters. The lowest BCUT2D eigenvalue weighted by atomic mass is 10.1. The van der Waals surface area contributed by atoms with Crippen molar-refractivity contribution in [3.05, 3.63) is 42.1 Å². The Morgan fingerprint density at radius 2 is 1.74 bits per heavy atom. The molecule has 2 aliphatic rings. The first-order valence-corrected chi connectivity index (χ1v) is 11.1. The van der Waals surface area contributed by atoms with Gasteiger partial charge in [-0.3, -0.25) is 14.5 Å². The summed E-state index contributed by atoms with van der Waals surface area (Å²) >= 11 is 0. The molecule has 4 rings (SSSR count). The molecule has 0 aliphatic carbocycles. The van der Waals surface area contributed by atoms with Crippen molar-refractivity contribution in [2.75, 3.05) is 45.8 Å². The van der Waals surface area contributed by atoms with Crippen LogP contribution in [0.2, 0.25) is 0 Å². The first-order valence-electron chi connectivity index (χ1n) is 11.1. The topological polar surface area (TPSA) is 72.6 Å². The molecular weight excluding hydrogens is 390 g/mol. The monoisotopic (exact) mass is 419 g/mol. The number of aromatic nitrogens is 1. The molecule has 0 radical (unpaired) electrons. The molecule has 0 saturated carbocycles. The van der Waals surface area contributed by atoms with Gasteiger partial charge in [0.25, 0.3) is 0 Å². The maximum atomic E-state index is 12.7. The van der Waals surface area contributed by atoms with Crippen LogP contribution in [-0.4, -0.2) is 76.9 Å². The molecule has 7 nitrogen and oxygen atoms in total. The van der Waals surface area contributed by atoms with Gasteiger partial charge in [-0.25, -0.2) is 0 Å². The Morgan fingerprint density at radius 3 is 2.48 bits per heavy atom. The molecule has 1 aromatic carbocycles. The lowest BCUT2D eigenvalue weighted by Gasteiger charge is -2.34. The van der Waals surface area contributed by atoms with Crippen molar-refractivity contribution in [3.63, 3.8) is 0 Å². The van der Waals surface area contributed by atoms with E-state index in [1.165, 1.54) is 0 Å². The summed E-state index contributed by atoms with van der Waals surface area (Å²) in [7, 11) is 0. The first kappa shape index (κ1) is 21.1. The molecule has 7 heteroatoms. The van der Waals surface area contributed by atoms with Gasteiger partial charge < -0.3 is 14.4 Å². The van der Waals surface area contributed by atoms with E-state index in [0.717, 1.165) is 55.5 Å². The predicted molar refractivity (Wildman–Crippen MR) is 120 cm³/mol. The van der Waals surface area contributed by atoms with Gasteiger partial charge in [0.15, 0.2) is 0 Å². The number of carbonyl (C=O) groups is 2. The van der Waals surface area contributed by atoms with Crippen molar-refractivity contribution in [2.24, 2.45) is 0 Å². The molecule has 0 N–H and O–H groups in total. The fourth-order valence-electron chi connectivity index (χ4n) is 4.41. The highest BCUT2D eigenvalue weighted by molar-refractivity contribution is 5.96. The predicted octanol–water partition coefficient (Wildman–Crippen LogP) is 2.33. The zero-order chi connectivity index (χ0) is 21.6. The summed E-state index contributed by atoms with van der Waals surface area (Å²) in [5.41, 5.74) is 2.05. The van der Waals surface area contributed by atoms with E-state index in [2.05, 4.69) is 15.5 Å². The van der Waals surface area contributed by atoms with Gasteiger partial charge in [0.1, 0.15) is 0 Å². The van der Waals surface area contributed by atoms with Crippen LogP contribution in [0.15, 0.2) is 36.5 Å². The lowest BCUT2D eigenvalue weighted by Crippen LogP contribution is -2.51. The first-order chi connectivity index (χ1) is 15.2. The summed E-state index contributed by atoms with van der Waals surface area (Å²) in [6.07, 6.45) is 8.19. The van der Waals surface area contributed by atoms with E-state index in [0.29, 0.717) is 32.6 Å². The number of rotatable bonds is 6. The number of carbonyl (C=O) groups excluding carboxylic acids is 2. The number of amides is 2. The van der Waals surface area contributed by atoms with Crippen LogP contribution in [0.25, 0.3) is 17.0 Å². The number of aryl methyl sites for hydroxylation is 1. The van der Waals surface area contributed by atoms with E-state index in [1.54, 1.807) is 6.08 Å². The van der Waals surface area contributed by atoms with Crippen molar-refractivity contribution < 1.29 is 9.59 Å². The Balaban J connectivity index is 1.34. The standard InChI is InChI=1S/C24H29N5O2/c25-10-5-13-29-18-20(21-6-1-2-7-22(21)29)8-9-23(30)28-16-14-26(15-17-28)19-24(31)27-11-3-4-12-27/h1-2,6-9,18H,3-5,11-17,19H2/b9-8+. The van der Waals surface area contributed by atoms with Gasteiger partial charge in [0.05, 0.1) is 19.0 Å². The highest BCUT2D eigenvalue weighted by Gasteiger charge is 2.24. The number of nitriles is 1. The number of hydrogen-bond acceptors (Lipinski definition) is 4. The molecule has 2 aromatic rings. The van der Waals surface area contributed by atoms with Crippen LogP contribution in [0.1, 0.15) is 24.8 Å². The van der Waals surface area contributed by atoms with Gasteiger partial charge >= 0.3 is 0 Å². The Bertz CT molecular complexity index is 1000. The molecule has 3 heterocycles. The lowest BCUT2D eigenvalue weighted by molar-refractivity contribution is -0.132. The molecule has 162 valence electrons. The average molecular weight is 420 g/mol. The summed E-state index contributed by atoms with van der Waals surface area (Å²) in [5, 5.41) is 9.98. The zero-order valence-electron chi connectivity index (χ0n) is 17.9. The number of nitrogens with zero attached hydrogens (tertiary/aromatic N) is 5. The number of para-hydroxylation sites is 1. The van der Waals surface area contributed by atoms with E-state index in [4.69, 9.17) is 5.26 Å². The number of benzene rings is 1. The molecule has 0 spiro atoms. The van der Waals surface area contributed by atoms with Crippen LogP contribution in [-0.2, 0) is 16.1 Å². The van der Waals surface area contributed by atoms with Crippen molar-refractivity contribution in [2.45, 2.75) is 25.8 Å². The van der Waals surface area contributed by atoms with Crippen LogP contribution in [0, 0.1) is 11.3 Å². The molecular formula is C24H29N5O2. The highest BCUT2D eigenvalue weighted by atomic mass is 16.2. The number of likely N-dealkylation sites (tertiary alicyclic amines) is 1. The third-order valence-corrected chi connectivity index (χ3v) is 6.19. The summed E-state index contributed by atoms with van der Waals surface area (Å²) in [4.78, 5) is 31.0. The van der Waals surface area contributed by atoms with Gasteiger partial charge in [-0.2, -0.15) is 5.26 Å². The second kappa shape index (κ2) is 9.80. The largest absolute Gasteiger partial charge is 0.346 e. The molecule has 2 amide bonds. The van der Waals surface area contributed by atoms with Crippen LogP contribution >= 0.6 is 0 Å². The molecule has 0 unspecified atom stereocenters. The minimum Gasteiger partial charge on any atom is -0.346 e. The SMILES string of the molecule is N#CCCn1cc(/C=C/C(=O)N2CCN(CC(=O)N3CCCC3)CC2)c2ccccc21. The highest BCUT2D eigenvalue weighted by Crippen LogP contribution is 2.23. The molecule has 1 aromatic heterocycles. The quantitative estimate of drug-likeness (QED) is 0.674. The summed E-state index contributed by atoms with van der Waals surface area (Å²) in [6, 6.07) is 10.2. The number of fused-ring (bicyclic) bond motifs is 1. The Morgan fingerprint density at radius 1 is 1.00 bits per heavy atom. The molecule has 2 aliphatic heterocycles. The molecule has 2 saturated heterocycles. The van der Waals surface area contributed by atoms with Crippen molar-refractivity contribution in [1.29, 1.82) is 5.26 Å². The second-order valence-electron chi connectivity index (χ2n) is 8.23. The van der Waals surface area contributed by atoms with E-state index in [1.807, 2.05) is 46.3 Å². The van der Waals surface area contributed by atoms with Crippen molar-refractivity contribution >= 4 is 28.8 Å². The Labute approximate surface area is 183 Å². The Kier molecular flexibility index (Phi) is 6.68. The third-order valence-electron chi connectivity index (χ3n) is 6.19. The van der Waals surface area contributed by atoms with E-state index in [9.17, 15) is 9.59 Å². The van der Waals surface area contributed by atoms with E-state index in [-0.39, 0.29) is 11.8 Å². The summed E-state index contributed by atoms with van der Waals surface area (Å²) < 4.78 is 2.07. The van der Waals surface area contributed by atoms with Gasteiger partial charge in [0.2, 0.25) is 11.8 Å². The summed E-state index contributed by atoms with van der Waals surface area (Å²) in [5.74, 6) is 0.212. The van der Waals surface area contributed by atoms with Gasteiger partial charge in [-0.1, -0.05) is 18.2 Å². The zero-order valence-corrected chi connectivity index (χ0v) is 17.9. The van der Waals surface area contributed by atoms with Crippen LogP contribution in [0.4, 0.5) is 0 Å². The van der Waals surface area contributed by atoms with Gasteiger partial charge in [-0.05, 0) is 25.0 Å². The van der Waals surface area contributed by atoms with Gasteiger partial charge in [-0.15, -0.1) is 0 Å². The smallest absolute Gasteiger partial charge is 0.246 e. The van der Waals surface area contributed by atoms with E-state index >= 15 is 0 Å². The molecule has 0 bridgehead atoms. The third kappa shape index (κ3) is 4.97. The van der Waals surface area contributed by atoms with Crippen molar-refractivity contribution in [1.82, 2.24) is 19.3 Å². The Hall–Kier alpha value is -3.11. The van der Waals surface area contributed by atoms with Crippen LogP contribution in [0.5, 0.6) is 0 Å². The van der Waals surface area contributed by atoms with E-state index < -0.39 is 0 Å².